The van der Waals surface area contributed by atoms with Crippen LogP contribution in [0.4, 0.5) is 4.79 Å². The van der Waals surface area contributed by atoms with Crippen LogP contribution in [0.2, 0.25) is 0 Å². The Morgan fingerprint density at radius 1 is 1.28 bits per heavy atom. The van der Waals surface area contributed by atoms with Crippen LogP contribution < -0.4 is 11.1 Å². The lowest BCUT2D eigenvalue weighted by atomic mass is 10.1. The molecule has 9 heteroatoms. The number of aromatic nitrogens is 2. The highest BCUT2D eigenvalue weighted by atomic mass is 32.2. The van der Waals surface area contributed by atoms with Gasteiger partial charge in [0.1, 0.15) is 0 Å². The minimum Gasteiger partial charge on any atom is -0.392 e. The van der Waals surface area contributed by atoms with Gasteiger partial charge in [-0.1, -0.05) is 12.7 Å². The van der Waals surface area contributed by atoms with Gasteiger partial charge < -0.3 is 16.0 Å². The van der Waals surface area contributed by atoms with Crippen LogP contribution in [0.1, 0.15) is 23.7 Å². The van der Waals surface area contributed by atoms with E-state index in [-0.39, 0.29) is 28.1 Å². The van der Waals surface area contributed by atoms with Gasteiger partial charge in [-0.05, 0) is 55.3 Å². The summed E-state index contributed by atoms with van der Waals surface area (Å²) in [7, 11) is -2.08. The van der Waals surface area contributed by atoms with E-state index < -0.39 is 9.84 Å². The molecule has 0 aliphatic heterocycles. The molecule has 0 spiro atoms. The normalized spacial score (nSPS) is 11.8. The maximum atomic E-state index is 12.8. The molecule has 0 fully saturated rings. The smallest absolute Gasteiger partial charge is 0.317 e. The third-order valence-corrected chi connectivity index (χ3v) is 6.51. The molecule has 3 N–H and O–H groups in total. The van der Waals surface area contributed by atoms with Gasteiger partial charge in [0.05, 0.1) is 27.7 Å². The Labute approximate surface area is 188 Å². The number of urea groups is 1. The fourth-order valence-electron chi connectivity index (χ4n) is 2.67. The van der Waals surface area contributed by atoms with E-state index in [0.29, 0.717) is 12.2 Å². The number of sulfone groups is 1. The van der Waals surface area contributed by atoms with Gasteiger partial charge in [0.2, 0.25) is 9.84 Å². The largest absolute Gasteiger partial charge is 0.392 e. The third-order valence-electron chi connectivity index (χ3n) is 4.66. The van der Waals surface area contributed by atoms with Crippen molar-refractivity contribution in [1.29, 1.82) is 0 Å². The molecule has 2 amide bonds. The van der Waals surface area contributed by atoms with Crippen LogP contribution in [0, 0.1) is 6.92 Å². The van der Waals surface area contributed by atoms with E-state index in [1.165, 1.54) is 35.4 Å². The molecule has 8 nitrogen and oxygen atoms in total. The van der Waals surface area contributed by atoms with Crippen molar-refractivity contribution < 1.29 is 13.2 Å². The molecule has 0 radical (unpaired) electrons. The second-order valence-electron chi connectivity index (χ2n) is 6.96. The van der Waals surface area contributed by atoms with Crippen LogP contribution in [-0.4, -0.2) is 36.4 Å². The highest BCUT2D eigenvalue weighted by Crippen LogP contribution is 2.20. The summed E-state index contributed by atoms with van der Waals surface area (Å²) < 4.78 is 25.6. The lowest BCUT2D eigenvalue weighted by Gasteiger charge is -2.18. The maximum Gasteiger partial charge on any atom is 0.317 e. The Morgan fingerprint density at radius 3 is 2.62 bits per heavy atom. The molecular formula is C23H27N5O3S. The summed E-state index contributed by atoms with van der Waals surface area (Å²) in [4.78, 5) is 22.3. The first-order valence-corrected chi connectivity index (χ1v) is 11.3. The molecule has 32 heavy (non-hydrogen) atoms. The Morgan fingerprint density at radius 2 is 2.03 bits per heavy atom. The first-order chi connectivity index (χ1) is 15.2. The minimum absolute atomic E-state index is 0.0376. The zero-order valence-corrected chi connectivity index (χ0v) is 19.2. The van der Waals surface area contributed by atoms with Gasteiger partial charge >= 0.3 is 6.03 Å². The number of hydrogen-bond donors (Lipinski definition) is 2. The Balaban J connectivity index is 2.03. The first kappa shape index (κ1) is 24.6. The second-order valence-corrected chi connectivity index (χ2v) is 8.91. The zero-order valence-electron chi connectivity index (χ0n) is 18.4. The lowest BCUT2D eigenvalue weighted by Crippen LogP contribution is -2.36. The summed E-state index contributed by atoms with van der Waals surface area (Å²) in [5, 5.41) is 2.77. The quantitative estimate of drug-likeness (QED) is 0.469. The van der Waals surface area contributed by atoms with Gasteiger partial charge in [0.15, 0.2) is 0 Å². The molecule has 0 bridgehead atoms. The summed E-state index contributed by atoms with van der Waals surface area (Å²) in [6.07, 6.45) is 8.98. The van der Waals surface area contributed by atoms with E-state index >= 15 is 0 Å². The summed E-state index contributed by atoms with van der Waals surface area (Å²) in [6.45, 7) is 7.56. The Hall–Kier alpha value is -3.68. The van der Waals surface area contributed by atoms with E-state index in [9.17, 15) is 13.2 Å². The van der Waals surface area contributed by atoms with Crippen molar-refractivity contribution in [3.63, 3.8) is 0 Å². The van der Waals surface area contributed by atoms with Crippen molar-refractivity contribution in [1.82, 2.24) is 20.2 Å². The van der Waals surface area contributed by atoms with Crippen molar-refractivity contribution in [3.05, 3.63) is 94.8 Å². The number of nitrogens with two attached hydrogens (primary N) is 1. The van der Waals surface area contributed by atoms with Gasteiger partial charge in [-0.2, -0.15) is 0 Å². The van der Waals surface area contributed by atoms with Crippen LogP contribution in [0.3, 0.4) is 0 Å². The molecule has 2 aromatic heterocycles. The number of nitrogens with zero attached hydrogens (tertiary/aromatic N) is 3. The van der Waals surface area contributed by atoms with Crippen LogP contribution >= 0.6 is 0 Å². The Bertz CT molecular complexity index is 1180. The standard InChI is InChI=1S/C23H27N5O3S/c1-5-19(24)7-9-21(6-2)32(30,31)22-10-8-20(26-15-22)14-27-23(29)28(4)16-18-13-25-12-11-17(18)3/h6-13,15H,1,14,16,24H2,2-4H3,(H,27,29)/b9-7-,21-6+. The maximum absolute atomic E-state index is 12.8. The number of pyridine rings is 2. The summed E-state index contributed by atoms with van der Waals surface area (Å²) in [6, 6.07) is 4.63. The van der Waals surface area contributed by atoms with E-state index in [0.717, 1.165) is 11.1 Å². The van der Waals surface area contributed by atoms with Crippen LogP contribution in [0.5, 0.6) is 0 Å². The average molecular weight is 454 g/mol. The van der Waals surface area contributed by atoms with Gasteiger partial charge in [-0.15, -0.1) is 5.73 Å². The number of nitrogens with one attached hydrogen (secondary N) is 1. The van der Waals surface area contributed by atoms with Gasteiger partial charge in [-0.25, -0.2) is 13.2 Å². The number of amides is 2. The van der Waals surface area contributed by atoms with Crippen molar-refractivity contribution in [3.8, 4) is 0 Å². The molecule has 2 heterocycles. The molecule has 0 unspecified atom stereocenters. The average Bonchev–Trinajstić information content (AvgIpc) is 2.79. The minimum atomic E-state index is -3.76. The topological polar surface area (TPSA) is 118 Å². The number of aryl methyl sites for hydroxylation is 1. The highest BCUT2D eigenvalue weighted by Gasteiger charge is 2.19. The molecule has 0 saturated heterocycles. The number of rotatable bonds is 8. The summed E-state index contributed by atoms with van der Waals surface area (Å²) in [5.74, 6) is 0. The highest BCUT2D eigenvalue weighted by molar-refractivity contribution is 7.95. The third kappa shape index (κ3) is 6.41. The fourth-order valence-corrected chi connectivity index (χ4v) is 3.94. The summed E-state index contributed by atoms with van der Waals surface area (Å²) in [5.41, 5.74) is 10.8. The van der Waals surface area contributed by atoms with Crippen molar-refractivity contribution in [2.24, 2.45) is 5.73 Å². The molecule has 2 aromatic rings. The molecule has 0 aliphatic carbocycles. The van der Waals surface area contributed by atoms with Gasteiger partial charge in [0.25, 0.3) is 0 Å². The fraction of sp³-hybridized carbons (Fsp3) is 0.217. The van der Waals surface area contributed by atoms with Crippen LogP contribution in [-0.2, 0) is 22.9 Å². The van der Waals surface area contributed by atoms with E-state index in [1.807, 2.05) is 13.0 Å². The van der Waals surface area contributed by atoms with E-state index in [1.54, 1.807) is 32.4 Å². The summed E-state index contributed by atoms with van der Waals surface area (Å²) >= 11 is 0. The van der Waals surface area contributed by atoms with Crippen molar-refractivity contribution in [2.45, 2.75) is 31.8 Å². The van der Waals surface area contributed by atoms with Gasteiger partial charge in [-0.3, -0.25) is 9.97 Å². The van der Waals surface area contributed by atoms with Crippen LogP contribution in [0.15, 0.2) is 82.8 Å². The molecule has 168 valence electrons. The molecule has 0 aliphatic rings. The number of allylic oxidation sites excluding steroid dienone is 3. The van der Waals surface area contributed by atoms with Crippen LogP contribution in [0.25, 0.3) is 0 Å². The Kier molecular flexibility index (Phi) is 8.52. The molecule has 0 aromatic carbocycles. The lowest BCUT2D eigenvalue weighted by molar-refractivity contribution is 0.206. The number of hydrogen-bond acceptors (Lipinski definition) is 6. The molecule has 0 atom stereocenters. The van der Waals surface area contributed by atoms with E-state index in [4.69, 9.17) is 5.73 Å². The zero-order chi connectivity index (χ0) is 23.7. The number of carbonyl (C=O) groups is 1. The SMILES string of the molecule is C=C=C(N)/C=C\C(=C/C)S(=O)(=O)c1ccc(CNC(=O)N(C)Cc2cnccc2C)nc1. The van der Waals surface area contributed by atoms with Gasteiger partial charge in [0, 0.05) is 32.2 Å². The van der Waals surface area contributed by atoms with Crippen molar-refractivity contribution >= 4 is 15.9 Å². The second kappa shape index (κ2) is 11.1. The van der Waals surface area contributed by atoms with Crippen molar-refractivity contribution in [2.75, 3.05) is 7.05 Å². The molecule has 0 saturated carbocycles. The number of carbonyl (C=O) groups excluding carboxylic acids is 1. The predicted molar refractivity (Wildman–Crippen MR) is 124 cm³/mol. The monoisotopic (exact) mass is 453 g/mol. The first-order valence-electron chi connectivity index (χ1n) is 9.77. The molecule has 2 rings (SSSR count). The molecular weight excluding hydrogens is 426 g/mol. The van der Waals surface area contributed by atoms with E-state index in [2.05, 4.69) is 27.6 Å². The predicted octanol–water partition coefficient (Wildman–Crippen LogP) is 2.99.